The van der Waals surface area contributed by atoms with Crippen LogP contribution in [-0.4, -0.2) is 5.54 Å². The van der Waals surface area contributed by atoms with Crippen LogP contribution in [0.15, 0.2) is 24.3 Å². The summed E-state index contributed by atoms with van der Waals surface area (Å²) in [6.45, 7) is 6.88. The number of alkyl halides is 1. The molecule has 0 spiro atoms. The molecule has 0 aliphatic rings. The van der Waals surface area contributed by atoms with Gasteiger partial charge in [0, 0.05) is 5.54 Å². The van der Waals surface area contributed by atoms with Crippen LogP contribution in [0.1, 0.15) is 31.9 Å². The molecule has 0 fully saturated rings. The molecule has 0 aliphatic carbocycles. The molecular weight excluding hydrogens is 177 g/mol. The van der Waals surface area contributed by atoms with Crippen molar-refractivity contribution in [1.82, 2.24) is 0 Å². The summed E-state index contributed by atoms with van der Waals surface area (Å²) >= 11 is 0. The number of halogens is 1. The molecule has 1 aromatic rings. The minimum Gasteiger partial charge on any atom is -0.323 e. The maximum Gasteiger partial charge on any atom is 0.150 e. The lowest BCUT2D eigenvalue weighted by Crippen LogP contribution is -2.49. The van der Waals surface area contributed by atoms with Gasteiger partial charge in [-0.05, 0) is 33.3 Å². The lowest BCUT2D eigenvalue weighted by atomic mass is 9.81. The minimum absolute atomic E-state index is 0.644. The second-order valence-corrected chi connectivity index (χ2v) is 4.59. The molecule has 1 aromatic carbocycles. The molecule has 1 nitrogen and oxygen atoms in total. The van der Waals surface area contributed by atoms with E-state index in [2.05, 4.69) is 0 Å². The summed E-state index contributed by atoms with van der Waals surface area (Å²) in [7, 11) is 0. The van der Waals surface area contributed by atoms with Crippen molar-refractivity contribution in [2.24, 2.45) is 5.73 Å². The molecule has 2 heteroatoms. The highest BCUT2D eigenvalue weighted by Crippen LogP contribution is 2.35. The second kappa shape index (κ2) is 3.35. The third kappa shape index (κ3) is 1.95. The van der Waals surface area contributed by atoms with E-state index in [9.17, 15) is 4.39 Å². The van der Waals surface area contributed by atoms with Gasteiger partial charge in [0.25, 0.3) is 0 Å². The van der Waals surface area contributed by atoms with Crippen molar-refractivity contribution in [1.29, 1.82) is 0 Å². The Morgan fingerprint density at radius 2 is 1.79 bits per heavy atom. The fourth-order valence-corrected chi connectivity index (χ4v) is 1.31. The van der Waals surface area contributed by atoms with Gasteiger partial charge in [0.15, 0.2) is 5.67 Å². The molecule has 14 heavy (non-hydrogen) atoms. The van der Waals surface area contributed by atoms with Gasteiger partial charge in [-0.2, -0.15) is 0 Å². The van der Waals surface area contributed by atoms with E-state index < -0.39 is 11.2 Å². The predicted octanol–water partition coefficient (Wildman–Crippen LogP) is 2.92. The summed E-state index contributed by atoms with van der Waals surface area (Å²) in [5, 5.41) is 0. The SMILES string of the molecule is Cc1cccc(C(C)(F)C(C)(C)N)c1. The van der Waals surface area contributed by atoms with Gasteiger partial charge in [-0.15, -0.1) is 0 Å². The van der Waals surface area contributed by atoms with Gasteiger partial charge in [0.2, 0.25) is 0 Å². The van der Waals surface area contributed by atoms with Crippen molar-refractivity contribution in [3.63, 3.8) is 0 Å². The van der Waals surface area contributed by atoms with Crippen LogP contribution in [-0.2, 0) is 5.67 Å². The fraction of sp³-hybridized carbons (Fsp3) is 0.500. The zero-order valence-corrected chi connectivity index (χ0v) is 9.26. The maximum absolute atomic E-state index is 14.4. The van der Waals surface area contributed by atoms with E-state index in [1.807, 2.05) is 25.1 Å². The molecule has 0 radical (unpaired) electrons. The summed E-state index contributed by atoms with van der Waals surface area (Å²) in [4.78, 5) is 0. The zero-order chi connectivity index (χ0) is 11.0. The highest BCUT2D eigenvalue weighted by molar-refractivity contribution is 5.29. The molecule has 0 heterocycles. The molecule has 0 saturated carbocycles. The van der Waals surface area contributed by atoms with Crippen molar-refractivity contribution in [3.05, 3.63) is 35.4 Å². The van der Waals surface area contributed by atoms with Gasteiger partial charge in [-0.3, -0.25) is 0 Å². The molecule has 0 amide bonds. The van der Waals surface area contributed by atoms with Gasteiger partial charge in [0.1, 0.15) is 0 Å². The number of hydrogen-bond donors (Lipinski definition) is 1. The van der Waals surface area contributed by atoms with Gasteiger partial charge in [0.05, 0.1) is 0 Å². The summed E-state index contributed by atoms with van der Waals surface area (Å²) in [5.74, 6) is 0. The van der Waals surface area contributed by atoms with E-state index >= 15 is 0 Å². The molecule has 0 saturated heterocycles. The highest BCUT2D eigenvalue weighted by Gasteiger charge is 2.39. The molecule has 0 aliphatic heterocycles. The van der Waals surface area contributed by atoms with E-state index in [1.54, 1.807) is 19.9 Å². The summed E-state index contributed by atoms with van der Waals surface area (Å²) in [6.07, 6.45) is 0. The fourth-order valence-electron chi connectivity index (χ4n) is 1.31. The summed E-state index contributed by atoms with van der Waals surface area (Å²) in [6, 6.07) is 7.42. The monoisotopic (exact) mass is 195 g/mol. The Kier molecular flexibility index (Phi) is 2.68. The second-order valence-electron chi connectivity index (χ2n) is 4.59. The first-order valence-electron chi connectivity index (χ1n) is 4.80. The third-order valence-corrected chi connectivity index (χ3v) is 2.77. The van der Waals surface area contributed by atoms with Gasteiger partial charge >= 0.3 is 0 Å². The summed E-state index contributed by atoms with van der Waals surface area (Å²) < 4.78 is 14.4. The normalized spacial score (nSPS) is 16.4. The predicted molar refractivity (Wildman–Crippen MR) is 57.9 cm³/mol. The Morgan fingerprint density at radius 1 is 1.21 bits per heavy atom. The quantitative estimate of drug-likeness (QED) is 0.771. The number of rotatable bonds is 2. The zero-order valence-electron chi connectivity index (χ0n) is 9.26. The first-order chi connectivity index (χ1) is 6.25. The maximum atomic E-state index is 14.4. The van der Waals surface area contributed by atoms with Crippen LogP contribution < -0.4 is 5.73 Å². The Morgan fingerprint density at radius 3 is 2.21 bits per heavy atom. The molecule has 1 unspecified atom stereocenters. The van der Waals surface area contributed by atoms with Crippen LogP contribution in [0.3, 0.4) is 0 Å². The van der Waals surface area contributed by atoms with Crippen molar-refractivity contribution in [2.75, 3.05) is 0 Å². The molecule has 0 bridgehead atoms. The molecule has 78 valence electrons. The molecular formula is C12H18FN. The largest absolute Gasteiger partial charge is 0.323 e. The van der Waals surface area contributed by atoms with Crippen molar-refractivity contribution < 1.29 is 4.39 Å². The highest BCUT2D eigenvalue weighted by atomic mass is 19.1. The van der Waals surface area contributed by atoms with Crippen LogP contribution in [0.4, 0.5) is 4.39 Å². The topological polar surface area (TPSA) is 26.0 Å². The molecule has 0 aromatic heterocycles. The van der Waals surface area contributed by atoms with Crippen LogP contribution >= 0.6 is 0 Å². The first-order valence-corrected chi connectivity index (χ1v) is 4.80. The van der Waals surface area contributed by atoms with Crippen LogP contribution in [0.5, 0.6) is 0 Å². The molecule has 1 rings (SSSR count). The van der Waals surface area contributed by atoms with Crippen LogP contribution in [0.25, 0.3) is 0 Å². The van der Waals surface area contributed by atoms with Crippen molar-refractivity contribution in [3.8, 4) is 0 Å². The van der Waals surface area contributed by atoms with Crippen molar-refractivity contribution in [2.45, 2.75) is 38.9 Å². The lowest BCUT2D eigenvalue weighted by Gasteiger charge is -2.34. The van der Waals surface area contributed by atoms with Crippen LogP contribution in [0, 0.1) is 6.92 Å². The molecule has 1 atom stereocenters. The Balaban J connectivity index is 3.16. The third-order valence-electron chi connectivity index (χ3n) is 2.77. The Labute approximate surface area is 85.1 Å². The number of hydrogen-bond acceptors (Lipinski definition) is 1. The van der Waals surface area contributed by atoms with Gasteiger partial charge in [-0.25, -0.2) is 4.39 Å². The summed E-state index contributed by atoms with van der Waals surface area (Å²) in [5.41, 5.74) is 5.14. The van der Waals surface area contributed by atoms with Crippen molar-refractivity contribution >= 4 is 0 Å². The molecule has 2 N–H and O–H groups in total. The first kappa shape index (κ1) is 11.2. The van der Waals surface area contributed by atoms with E-state index in [0.717, 1.165) is 5.56 Å². The van der Waals surface area contributed by atoms with Gasteiger partial charge in [-0.1, -0.05) is 29.8 Å². The Bertz CT molecular complexity index is 323. The lowest BCUT2D eigenvalue weighted by molar-refractivity contribution is 0.0954. The number of aryl methyl sites for hydroxylation is 1. The standard InChI is InChI=1S/C12H18FN/c1-9-6-5-7-10(8-9)12(4,13)11(2,3)14/h5-8H,14H2,1-4H3. The van der Waals surface area contributed by atoms with E-state index in [0.29, 0.717) is 5.56 Å². The van der Waals surface area contributed by atoms with Crippen LogP contribution in [0.2, 0.25) is 0 Å². The van der Waals surface area contributed by atoms with Gasteiger partial charge < -0.3 is 5.73 Å². The van der Waals surface area contributed by atoms with E-state index in [1.165, 1.54) is 6.92 Å². The number of nitrogens with two attached hydrogens (primary N) is 1. The average molecular weight is 195 g/mol. The average Bonchev–Trinajstić information content (AvgIpc) is 2.02. The Hall–Kier alpha value is -0.890. The van der Waals surface area contributed by atoms with E-state index in [4.69, 9.17) is 5.73 Å². The minimum atomic E-state index is -1.50. The number of benzene rings is 1. The van der Waals surface area contributed by atoms with E-state index in [-0.39, 0.29) is 0 Å². The smallest absolute Gasteiger partial charge is 0.150 e.